The van der Waals surface area contributed by atoms with E-state index in [9.17, 15) is 19.7 Å². The molecular formula is C18H20N4O4S. The molecule has 0 unspecified atom stereocenters. The fraction of sp³-hybridized carbons (Fsp3) is 0.389. The first-order valence-electron chi connectivity index (χ1n) is 8.60. The summed E-state index contributed by atoms with van der Waals surface area (Å²) in [4.78, 5) is 42.4. The Hall–Kier alpha value is -2.81. The number of carbonyl (C=O) groups is 2. The molecule has 1 heterocycles. The Balaban J connectivity index is 1.75. The molecule has 0 atom stereocenters. The third-order valence-corrected chi connectivity index (χ3v) is 5.15. The molecule has 1 N–H and O–H groups in total. The van der Waals surface area contributed by atoms with Crippen LogP contribution >= 0.6 is 11.3 Å². The standard InChI is InChI=1S/C18H20N4O4S/c1-11-3-6-14(7-15(11)22(25)26)17(24)21(9-13-4-5-13)10-16(23)20-18-19-8-12(2)27-18/h3,6-8,13H,4-5,9-10H2,1-2H3,(H,19,20,23). The van der Waals surface area contributed by atoms with Gasteiger partial charge in [0.2, 0.25) is 5.91 Å². The van der Waals surface area contributed by atoms with Gasteiger partial charge in [0.25, 0.3) is 11.6 Å². The van der Waals surface area contributed by atoms with Crippen LogP contribution in [0.25, 0.3) is 0 Å². The Morgan fingerprint density at radius 1 is 1.37 bits per heavy atom. The van der Waals surface area contributed by atoms with Crippen molar-refractivity contribution in [3.63, 3.8) is 0 Å². The van der Waals surface area contributed by atoms with E-state index in [-0.39, 0.29) is 29.6 Å². The summed E-state index contributed by atoms with van der Waals surface area (Å²) in [6.45, 7) is 3.86. The zero-order valence-corrected chi connectivity index (χ0v) is 15.9. The van der Waals surface area contributed by atoms with E-state index in [1.54, 1.807) is 25.3 Å². The van der Waals surface area contributed by atoms with Crippen LogP contribution in [0.3, 0.4) is 0 Å². The predicted molar refractivity (Wildman–Crippen MR) is 102 cm³/mol. The van der Waals surface area contributed by atoms with Crippen LogP contribution in [0.1, 0.15) is 33.6 Å². The van der Waals surface area contributed by atoms with Crippen molar-refractivity contribution in [1.29, 1.82) is 0 Å². The first kappa shape index (κ1) is 19.0. The van der Waals surface area contributed by atoms with Gasteiger partial charge in [-0.25, -0.2) is 4.98 Å². The van der Waals surface area contributed by atoms with Gasteiger partial charge >= 0.3 is 0 Å². The zero-order valence-electron chi connectivity index (χ0n) is 15.1. The number of hydrogen-bond donors (Lipinski definition) is 1. The summed E-state index contributed by atoms with van der Waals surface area (Å²) in [5.41, 5.74) is 0.600. The van der Waals surface area contributed by atoms with Gasteiger partial charge in [-0.15, -0.1) is 11.3 Å². The number of nitro benzene ring substituents is 1. The summed E-state index contributed by atoms with van der Waals surface area (Å²) in [5, 5.41) is 14.3. The zero-order chi connectivity index (χ0) is 19.6. The van der Waals surface area contributed by atoms with Crippen LogP contribution in [-0.4, -0.2) is 39.7 Å². The van der Waals surface area contributed by atoms with Crippen LogP contribution in [0.2, 0.25) is 0 Å². The second-order valence-corrected chi connectivity index (χ2v) is 7.95. The smallest absolute Gasteiger partial charge is 0.273 e. The molecule has 0 aliphatic heterocycles. The summed E-state index contributed by atoms with van der Waals surface area (Å²) in [6.07, 6.45) is 3.70. The van der Waals surface area contributed by atoms with Gasteiger partial charge in [-0.3, -0.25) is 19.7 Å². The molecule has 1 aromatic heterocycles. The largest absolute Gasteiger partial charge is 0.329 e. The van der Waals surface area contributed by atoms with Gasteiger partial charge < -0.3 is 10.2 Å². The molecular weight excluding hydrogens is 368 g/mol. The Morgan fingerprint density at radius 2 is 2.11 bits per heavy atom. The maximum atomic E-state index is 12.9. The maximum absolute atomic E-state index is 12.9. The molecule has 3 rings (SSSR count). The number of aryl methyl sites for hydroxylation is 2. The molecule has 0 saturated heterocycles. The van der Waals surface area contributed by atoms with E-state index < -0.39 is 4.92 Å². The number of thiazole rings is 1. The highest BCUT2D eigenvalue weighted by Gasteiger charge is 2.29. The molecule has 1 aromatic carbocycles. The number of aromatic nitrogens is 1. The SMILES string of the molecule is Cc1cnc(NC(=O)CN(CC2CC2)C(=O)c2ccc(C)c([N+](=O)[O-])c2)s1. The van der Waals surface area contributed by atoms with Crippen LogP contribution in [0.15, 0.2) is 24.4 Å². The summed E-state index contributed by atoms with van der Waals surface area (Å²) in [6, 6.07) is 4.39. The van der Waals surface area contributed by atoms with E-state index in [0.717, 1.165) is 17.7 Å². The van der Waals surface area contributed by atoms with Crippen molar-refractivity contribution in [2.45, 2.75) is 26.7 Å². The van der Waals surface area contributed by atoms with Gasteiger partial charge in [0.1, 0.15) is 6.54 Å². The van der Waals surface area contributed by atoms with Crippen molar-refractivity contribution in [3.8, 4) is 0 Å². The molecule has 1 aliphatic carbocycles. The monoisotopic (exact) mass is 388 g/mol. The van der Waals surface area contributed by atoms with Crippen LogP contribution < -0.4 is 5.32 Å². The lowest BCUT2D eigenvalue weighted by molar-refractivity contribution is -0.385. The highest BCUT2D eigenvalue weighted by molar-refractivity contribution is 7.15. The molecule has 142 valence electrons. The van der Waals surface area contributed by atoms with E-state index >= 15 is 0 Å². The minimum Gasteiger partial charge on any atom is -0.329 e. The molecule has 9 heteroatoms. The normalized spacial score (nSPS) is 13.3. The number of amides is 2. The minimum absolute atomic E-state index is 0.102. The lowest BCUT2D eigenvalue weighted by atomic mass is 10.1. The van der Waals surface area contributed by atoms with Crippen molar-refractivity contribution in [3.05, 3.63) is 50.5 Å². The van der Waals surface area contributed by atoms with E-state index in [1.165, 1.54) is 22.3 Å². The van der Waals surface area contributed by atoms with Gasteiger partial charge in [0, 0.05) is 34.8 Å². The fourth-order valence-electron chi connectivity index (χ4n) is 2.70. The van der Waals surface area contributed by atoms with Crippen molar-refractivity contribution >= 4 is 34.0 Å². The Morgan fingerprint density at radius 3 is 2.70 bits per heavy atom. The first-order chi connectivity index (χ1) is 12.8. The van der Waals surface area contributed by atoms with Crippen molar-refractivity contribution in [1.82, 2.24) is 9.88 Å². The number of rotatable bonds is 7. The van der Waals surface area contributed by atoms with Crippen LogP contribution in [0, 0.1) is 29.9 Å². The third-order valence-electron chi connectivity index (χ3n) is 4.32. The van der Waals surface area contributed by atoms with E-state index in [4.69, 9.17) is 0 Å². The highest BCUT2D eigenvalue weighted by Crippen LogP contribution is 2.30. The fourth-order valence-corrected chi connectivity index (χ4v) is 3.38. The highest BCUT2D eigenvalue weighted by atomic mass is 32.1. The lowest BCUT2D eigenvalue weighted by Crippen LogP contribution is -2.39. The predicted octanol–water partition coefficient (Wildman–Crippen LogP) is 3.16. The van der Waals surface area contributed by atoms with E-state index in [1.807, 2.05) is 6.92 Å². The Kier molecular flexibility index (Phi) is 5.50. The minimum atomic E-state index is -0.505. The summed E-state index contributed by atoms with van der Waals surface area (Å²) < 4.78 is 0. The molecule has 1 aliphatic rings. The number of carbonyl (C=O) groups excluding carboxylic acids is 2. The average Bonchev–Trinajstić information content (AvgIpc) is 3.34. The number of nitro groups is 1. The second kappa shape index (κ2) is 7.83. The molecule has 27 heavy (non-hydrogen) atoms. The van der Waals surface area contributed by atoms with Gasteiger partial charge in [0.15, 0.2) is 5.13 Å². The maximum Gasteiger partial charge on any atom is 0.273 e. The molecule has 0 radical (unpaired) electrons. The number of benzene rings is 1. The molecule has 2 amide bonds. The summed E-state index contributed by atoms with van der Waals surface area (Å²) in [7, 11) is 0. The average molecular weight is 388 g/mol. The van der Waals surface area contributed by atoms with Gasteiger partial charge in [0.05, 0.1) is 4.92 Å². The van der Waals surface area contributed by atoms with Crippen LogP contribution in [-0.2, 0) is 4.79 Å². The first-order valence-corrected chi connectivity index (χ1v) is 9.41. The molecule has 1 saturated carbocycles. The Labute approximate surface area is 160 Å². The van der Waals surface area contributed by atoms with Crippen LogP contribution in [0.5, 0.6) is 0 Å². The Bertz CT molecular complexity index is 891. The topological polar surface area (TPSA) is 105 Å². The van der Waals surface area contributed by atoms with Crippen molar-refractivity contribution in [2.75, 3.05) is 18.4 Å². The van der Waals surface area contributed by atoms with E-state index in [0.29, 0.717) is 23.2 Å². The summed E-state index contributed by atoms with van der Waals surface area (Å²) >= 11 is 1.36. The molecule has 0 spiro atoms. The van der Waals surface area contributed by atoms with Gasteiger partial charge in [-0.2, -0.15) is 0 Å². The summed E-state index contributed by atoms with van der Waals surface area (Å²) in [5.74, 6) is -0.334. The third kappa shape index (κ3) is 4.88. The number of nitrogens with one attached hydrogen (secondary N) is 1. The number of anilines is 1. The lowest BCUT2D eigenvalue weighted by Gasteiger charge is -2.22. The van der Waals surface area contributed by atoms with Crippen molar-refractivity contribution < 1.29 is 14.5 Å². The van der Waals surface area contributed by atoms with Crippen LogP contribution in [0.4, 0.5) is 10.8 Å². The molecule has 0 bridgehead atoms. The van der Waals surface area contributed by atoms with Gasteiger partial charge in [-0.1, -0.05) is 6.07 Å². The van der Waals surface area contributed by atoms with E-state index in [2.05, 4.69) is 10.3 Å². The second-order valence-electron chi connectivity index (χ2n) is 6.71. The molecule has 1 fully saturated rings. The molecule has 8 nitrogen and oxygen atoms in total. The van der Waals surface area contributed by atoms with Gasteiger partial charge in [-0.05, 0) is 38.7 Å². The molecule has 2 aromatic rings. The van der Waals surface area contributed by atoms with Crippen molar-refractivity contribution in [2.24, 2.45) is 5.92 Å². The quantitative estimate of drug-likeness (QED) is 0.579. The number of hydrogen-bond acceptors (Lipinski definition) is 6. The number of nitrogens with zero attached hydrogens (tertiary/aromatic N) is 3.